The summed E-state index contributed by atoms with van der Waals surface area (Å²) >= 11 is 5.85. The Kier molecular flexibility index (Phi) is 2.73. The molecule has 2 N–H and O–H groups in total. The number of rotatable bonds is 2. The Hall–Kier alpha value is -1.35. The molecule has 1 aromatic carbocycles. The third-order valence-corrected chi connectivity index (χ3v) is 2.47. The quantitative estimate of drug-likeness (QED) is 0.627. The zero-order chi connectivity index (χ0) is 10.8. The first-order valence-electron chi connectivity index (χ1n) is 4.93. The van der Waals surface area contributed by atoms with Crippen molar-refractivity contribution in [2.24, 2.45) is 0 Å². The average molecular weight is 222 g/mol. The van der Waals surface area contributed by atoms with Gasteiger partial charge in [-0.25, -0.2) is 9.97 Å². The monoisotopic (exact) mass is 221 g/mol. The molecule has 78 valence electrons. The maximum Gasteiger partial charge on any atom is 0.223 e. The predicted octanol–water partition coefficient (Wildman–Crippen LogP) is 2.82. The highest BCUT2D eigenvalue weighted by Crippen LogP contribution is 2.23. The highest BCUT2D eigenvalue weighted by atomic mass is 35.5. The molecule has 0 aliphatic rings. The Balaban J connectivity index is 2.74. The van der Waals surface area contributed by atoms with Gasteiger partial charge >= 0.3 is 0 Å². The van der Waals surface area contributed by atoms with Gasteiger partial charge in [0.05, 0.1) is 16.9 Å². The van der Waals surface area contributed by atoms with Gasteiger partial charge < -0.3 is 5.73 Å². The second-order valence-electron chi connectivity index (χ2n) is 3.43. The topological polar surface area (TPSA) is 51.8 Å². The average Bonchev–Trinajstić information content (AvgIpc) is 2.20. The predicted molar refractivity (Wildman–Crippen MR) is 63.0 cm³/mol. The van der Waals surface area contributed by atoms with Crippen LogP contribution in [0.4, 0.5) is 5.69 Å². The highest BCUT2D eigenvalue weighted by Gasteiger charge is 2.07. The van der Waals surface area contributed by atoms with E-state index in [2.05, 4.69) is 16.9 Å². The lowest BCUT2D eigenvalue weighted by Crippen LogP contribution is -1.97. The minimum atomic E-state index is 0.267. The minimum absolute atomic E-state index is 0.267. The summed E-state index contributed by atoms with van der Waals surface area (Å²) in [6, 6.07) is 5.71. The summed E-state index contributed by atoms with van der Waals surface area (Å²) in [6.45, 7) is 2.11. The summed E-state index contributed by atoms with van der Waals surface area (Å²) in [5.41, 5.74) is 8.21. The molecule has 0 fully saturated rings. The number of nitrogens with two attached hydrogens (primary N) is 1. The number of aromatic nitrogens is 2. The van der Waals surface area contributed by atoms with Gasteiger partial charge in [0.15, 0.2) is 0 Å². The summed E-state index contributed by atoms with van der Waals surface area (Å²) in [5, 5.41) is 1.27. The number of nitrogens with zero attached hydrogens (tertiary/aromatic N) is 2. The lowest BCUT2D eigenvalue weighted by molar-refractivity contribution is 0.887. The number of aryl methyl sites for hydroxylation is 1. The number of hydrogen-bond donors (Lipinski definition) is 1. The normalized spacial score (nSPS) is 10.8. The number of hydrogen-bond acceptors (Lipinski definition) is 3. The Morgan fingerprint density at radius 2 is 2.13 bits per heavy atom. The van der Waals surface area contributed by atoms with Crippen molar-refractivity contribution in [3.05, 3.63) is 29.2 Å². The van der Waals surface area contributed by atoms with Crippen LogP contribution in [0.25, 0.3) is 10.9 Å². The molecule has 0 aliphatic carbocycles. The Morgan fingerprint density at radius 3 is 2.87 bits per heavy atom. The first-order chi connectivity index (χ1) is 7.22. The zero-order valence-corrected chi connectivity index (χ0v) is 9.25. The van der Waals surface area contributed by atoms with E-state index in [-0.39, 0.29) is 5.28 Å². The smallest absolute Gasteiger partial charge is 0.223 e. The van der Waals surface area contributed by atoms with Gasteiger partial charge in [-0.3, -0.25) is 0 Å². The second kappa shape index (κ2) is 4.03. The van der Waals surface area contributed by atoms with Crippen molar-refractivity contribution in [2.45, 2.75) is 19.8 Å². The molecule has 0 amide bonds. The molecular formula is C11H12ClN3. The molecule has 0 saturated carbocycles. The molecule has 2 rings (SSSR count). The Labute approximate surface area is 93.3 Å². The highest BCUT2D eigenvalue weighted by molar-refractivity contribution is 6.28. The van der Waals surface area contributed by atoms with E-state index in [0.717, 1.165) is 29.4 Å². The molecule has 1 heterocycles. The summed E-state index contributed by atoms with van der Waals surface area (Å²) in [6.07, 6.45) is 1.92. The maximum atomic E-state index is 5.85. The van der Waals surface area contributed by atoms with Gasteiger partial charge in [0.2, 0.25) is 5.28 Å². The first-order valence-corrected chi connectivity index (χ1v) is 5.30. The van der Waals surface area contributed by atoms with Crippen LogP contribution in [-0.2, 0) is 6.42 Å². The Morgan fingerprint density at radius 1 is 1.33 bits per heavy atom. The molecule has 0 aliphatic heterocycles. The summed E-state index contributed by atoms with van der Waals surface area (Å²) in [7, 11) is 0. The number of benzene rings is 1. The van der Waals surface area contributed by atoms with E-state index in [0.29, 0.717) is 5.69 Å². The fourth-order valence-electron chi connectivity index (χ4n) is 1.64. The van der Waals surface area contributed by atoms with Crippen LogP contribution in [0.2, 0.25) is 5.28 Å². The molecule has 0 spiro atoms. The van der Waals surface area contributed by atoms with Crippen molar-refractivity contribution in [2.75, 3.05) is 5.73 Å². The van der Waals surface area contributed by atoms with E-state index < -0.39 is 0 Å². The van der Waals surface area contributed by atoms with Crippen molar-refractivity contribution in [3.8, 4) is 0 Å². The third kappa shape index (κ3) is 1.88. The number of nitrogen functional groups attached to an aromatic ring is 1. The lowest BCUT2D eigenvalue weighted by Gasteiger charge is -2.06. The summed E-state index contributed by atoms with van der Waals surface area (Å²) in [4.78, 5) is 8.38. The van der Waals surface area contributed by atoms with Gasteiger partial charge in [-0.05, 0) is 24.1 Å². The van der Waals surface area contributed by atoms with Crippen molar-refractivity contribution in [3.63, 3.8) is 0 Å². The van der Waals surface area contributed by atoms with Gasteiger partial charge in [-0.2, -0.15) is 0 Å². The molecule has 15 heavy (non-hydrogen) atoms. The SMILES string of the molecule is CCCc1nc(Cl)nc2c(N)cccc12. The van der Waals surface area contributed by atoms with E-state index >= 15 is 0 Å². The van der Waals surface area contributed by atoms with E-state index in [1.54, 1.807) is 0 Å². The van der Waals surface area contributed by atoms with Crippen LogP contribution in [0.1, 0.15) is 19.0 Å². The van der Waals surface area contributed by atoms with Crippen LogP contribution in [-0.4, -0.2) is 9.97 Å². The standard InChI is InChI=1S/C11H12ClN3/c1-2-4-9-7-5-3-6-8(13)10(7)15-11(12)14-9/h3,5-6H,2,4,13H2,1H3. The Bertz CT molecular complexity index is 496. The molecule has 3 nitrogen and oxygen atoms in total. The number of anilines is 1. The van der Waals surface area contributed by atoms with Crippen molar-refractivity contribution < 1.29 is 0 Å². The molecular weight excluding hydrogens is 210 g/mol. The van der Waals surface area contributed by atoms with Gasteiger partial charge in [-0.1, -0.05) is 25.5 Å². The maximum absolute atomic E-state index is 5.85. The fourth-order valence-corrected chi connectivity index (χ4v) is 1.82. The van der Waals surface area contributed by atoms with Gasteiger partial charge in [0.25, 0.3) is 0 Å². The molecule has 0 bridgehead atoms. The molecule has 2 aromatic rings. The molecule has 4 heteroatoms. The molecule has 1 aromatic heterocycles. The van der Waals surface area contributed by atoms with Crippen LogP contribution < -0.4 is 5.73 Å². The van der Waals surface area contributed by atoms with Crippen LogP contribution in [0.5, 0.6) is 0 Å². The van der Waals surface area contributed by atoms with Crippen LogP contribution in [0, 0.1) is 0 Å². The van der Waals surface area contributed by atoms with E-state index in [9.17, 15) is 0 Å². The molecule has 0 saturated heterocycles. The zero-order valence-electron chi connectivity index (χ0n) is 8.50. The molecule has 0 unspecified atom stereocenters. The van der Waals surface area contributed by atoms with Crippen LogP contribution in [0.15, 0.2) is 18.2 Å². The van der Waals surface area contributed by atoms with E-state index in [1.165, 1.54) is 0 Å². The minimum Gasteiger partial charge on any atom is -0.397 e. The third-order valence-electron chi connectivity index (χ3n) is 2.30. The van der Waals surface area contributed by atoms with E-state index in [4.69, 9.17) is 17.3 Å². The summed E-state index contributed by atoms with van der Waals surface area (Å²) in [5.74, 6) is 0. The first kappa shape index (κ1) is 10.2. The van der Waals surface area contributed by atoms with E-state index in [1.807, 2.05) is 18.2 Å². The summed E-state index contributed by atoms with van der Waals surface area (Å²) < 4.78 is 0. The fraction of sp³-hybridized carbons (Fsp3) is 0.273. The molecule has 0 radical (unpaired) electrons. The number of halogens is 1. The van der Waals surface area contributed by atoms with Gasteiger partial charge in [0.1, 0.15) is 0 Å². The van der Waals surface area contributed by atoms with Gasteiger partial charge in [0, 0.05) is 5.39 Å². The number of para-hydroxylation sites is 1. The largest absolute Gasteiger partial charge is 0.397 e. The van der Waals surface area contributed by atoms with Crippen molar-refractivity contribution in [1.82, 2.24) is 9.97 Å². The second-order valence-corrected chi connectivity index (χ2v) is 3.77. The number of fused-ring (bicyclic) bond motifs is 1. The van der Waals surface area contributed by atoms with Crippen LogP contribution >= 0.6 is 11.6 Å². The van der Waals surface area contributed by atoms with Crippen molar-refractivity contribution in [1.29, 1.82) is 0 Å². The van der Waals surface area contributed by atoms with Crippen LogP contribution in [0.3, 0.4) is 0 Å². The van der Waals surface area contributed by atoms with Crippen molar-refractivity contribution >= 4 is 28.2 Å². The van der Waals surface area contributed by atoms with Gasteiger partial charge in [-0.15, -0.1) is 0 Å². The molecule has 0 atom stereocenters. The lowest BCUT2D eigenvalue weighted by atomic mass is 10.1.